The second-order valence-electron chi connectivity index (χ2n) is 10.8. The van der Waals surface area contributed by atoms with Gasteiger partial charge in [0.25, 0.3) is 5.91 Å². The molecule has 0 saturated carbocycles. The summed E-state index contributed by atoms with van der Waals surface area (Å²) in [5.74, 6) is 1.30. The molecule has 0 saturated heterocycles. The zero-order valence-corrected chi connectivity index (χ0v) is 26.2. The summed E-state index contributed by atoms with van der Waals surface area (Å²) in [5, 5.41) is 4.01. The van der Waals surface area contributed by atoms with Crippen molar-refractivity contribution in [2.24, 2.45) is 0 Å². The standard InChI is InChI=1S/C36H33ClN2O6/c1-42-24-15-13-21(14-16-24)22-17-28-33(30(40)18-22)34(25-9-5-6-10-26(25)37)39(29-12-8-7-11-27(29)38-28)36(41)23-19-31(43-2)35(45-4)32(20-23)44-3/h5-16,19-20,22,34,38H,17-18H2,1-4H3. The van der Waals surface area contributed by atoms with Gasteiger partial charge < -0.3 is 24.3 Å². The highest BCUT2D eigenvalue weighted by Crippen LogP contribution is 2.49. The molecule has 0 aromatic heterocycles. The van der Waals surface area contributed by atoms with Crippen molar-refractivity contribution in [2.45, 2.75) is 24.8 Å². The second-order valence-corrected chi connectivity index (χ2v) is 11.3. The predicted molar refractivity (Wildman–Crippen MR) is 174 cm³/mol. The monoisotopic (exact) mass is 624 g/mol. The first-order valence-corrected chi connectivity index (χ1v) is 14.9. The minimum atomic E-state index is -0.819. The van der Waals surface area contributed by atoms with Crippen LogP contribution in [0.2, 0.25) is 5.02 Å². The topological polar surface area (TPSA) is 86.3 Å². The summed E-state index contributed by atoms with van der Waals surface area (Å²) in [6.07, 6.45) is 0.839. The SMILES string of the molecule is COc1ccc(C2CC(=O)C3=C(C2)Nc2ccccc2N(C(=O)c2cc(OC)c(OC)c(OC)c2)C3c2ccccc2Cl)cc1. The highest BCUT2D eigenvalue weighted by Gasteiger charge is 2.43. The molecule has 2 atom stereocenters. The largest absolute Gasteiger partial charge is 0.497 e. The molecule has 1 N–H and O–H groups in total. The van der Waals surface area contributed by atoms with E-state index in [0.717, 1.165) is 17.0 Å². The van der Waals surface area contributed by atoms with E-state index < -0.39 is 6.04 Å². The molecule has 1 heterocycles. The highest BCUT2D eigenvalue weighted by molar-refractivity contribution is 6.31. The molecule has 2 aliphatic rings. The van der Waals surface area contributed by atoms with E-state index in [2.05, 4.69) is 5.32 Å². The fourth-order valence-corrected chi connectivity index (χ4v) is 6.50. The number of ether oxygens (including phenoxy) is 4. The lowest BCUT2D eigenvalue weighted by atomic mass is 9.78. The Balaban J connectivity index is 1.56. The molecular weight excluding hydrogens is 592 g/mol. The number of methoxy groups -OCH3 is 4. The summed E-state index contributed by atoms with van der Waals surface area (Å²) in [7, 11) is 6.14. The predicted octanol–water partition coefficient (Wildman–Crippen LogP) is 7.59. The number of carbonyl (C=O) groups excluding carboxylic acids is 2. The summed E-state index contributed by atoms with van der Waals surface area (Å²) in [5.41, 5.74) is 4.53. The Hall–Kier alpha value is -4.95. The zero-order chi connectivity index (χ0) is 31.7. The number of amides is 1. The number of rotatable bonds is 7. The maximum atomic E-state index is 14.8. The minimum Gasteiger partial charge on any atom is -0.497 e. The smallest absolute Gasteiger partial charge is 0.259 e. The lowest BCUT2D eigenvalue weighted by molar-refractivity contribution is -0.116. The molecule has 4 aromatic rings. The maximum Gasteiger partial charge on any atom is 0.259 e. The molecule has 0 fully saturated rings. The number of anilines is 2. The Morgan fingerprint density at radius 1 is 0.822 bits per heavy atom. The molecule has 0 radical (unpaired) electrons. The number of halogens is 1. The average Bonchev–Trinajstić information content (AvgIpc) is 3.22. The number of benzene rings is 4. The van der Waals surface area contributed by atoms with Gasteiger partial charge in [-0.1, -0.05) is 54.1 Å². The lowest BCUT2D eigenvalue weighted by Crippen LogP contribution is -2.38. The Kier molecular flexibility index (Phi) is 8.41. The summed E-state index contributed by atoms with van der Waals surface area (Å²) in [4.78, 5) is 30.8. The summed E-state index contributed by atoms with van der Waals surface area (Å²) < 4.78 is 22.0. The normalized spacial score (nSPS) is 17.4. The van der Waals surface area contributed by atoms with Gasteiger partial charge in [0, 0.05) is 28.3 Å². The number of ketones is 1. The molecule has 1 aliphatic carbocycles. The van der Waals surface area contributed by atoms with Crippen LogP contribution in [0.1, 0.15) is 46.3 Å². The molecule has 6 rings (SSSR count). The Bertz CT molecular complexity index is 1780. The first-order valence-electron chi connectivity index (χ1n) is 14.5. The van der Waals surface area contributed by atoms with Crippen LogP contribution in [0.25, 0.3) is 0 Å². The number of nitrogens with zero attached hydrogens (tertiary/aromatic N) is 1. The quantitative estimate of drug-likeness (QED) is 0.227. The Morgan fingerprint density at radius 2 is 1.49 bits per heavy atom. The van der Waals surface area contributed by atoms with Crippen molar-refractivity contribution >= 4 is 34.7 Å². The number of para-hydroxylation sites is 2. The Morgan fingerprint density at radius 3 is 2.13 bits per heavy atom. The van der Waals surface area contributed by atoms with Crippen molar-refractivity contribution in [2.75, 3.05) is 38.7 Å². The van der Waals surface area contributed by atoms with Crippen LogP contribution in [0.15, 0.2) is 96.2 Å². The number of nitrogens with one attached hydrogen (secondary N) is 1. The van der Waals surface area contributed by atoms with Crippen LogP contribution >= 0.6 is 11.6 Å². The van der Waals surface area contributed by atoms with E-state index in [-0.39, 0.29) is 24.0 Å². The highest BCUT2D eigenvalue weighted by atomic mass is 35.5. The van der Waals surface area contributed by atoms with Crippen LogP contribution in [0.5, 0.6) is 23.0 Å². The van der Waals surface area contributed by atoms with Gasteiger partial charge in [-0.2, -0.15) is 0 Å². The number of fused-ring (bicyclic) bond motifs is 1. The second kappa shape index (κ2) is 12.6. The molecule has 0 bridgehead atoms. The van der Waals surface area contributed by atoms with Crippen molar-refractivity contribution in [1.82, 2.24) is 0 Å². The third-order valence-corrected chi connectivity index (χ3v) is 8.75. The lowest BCUT2D eigenvalue weighted by Gasteiger charge is -2.35. The van der Waals surface area contributed by atoms with Crippen molar-refractivity contribution in [3.63, 3.8) is 0 Å². The molecule has 1 amide bonds. The molecule has 1 aliphatic heterocycles. The summed E-state index contributed by atoms with van der Waals surface area (Å²) in [6.45, 7) is 0. The Labute approximate surface area is 267 Å². The van der Waals surface area contributed by atoms with Crippen LogP contribution < -0.4 is 29.2 Å². The van der Waals surface area contributed by atoms with E-state index in [0.29, 0.717) is 56.8 Å². The fourth-order valence-electron chi connectivity index (χ4n) is 6.26. The van der Waals surface area contributed by atoms with Crippen molar-refractivity contribution in [3.8, 4) is 23.0 Å². The number of allylic oxidation sites excluding steroid dienone is 1. The van der Waals surface area contributed by atoms with Gasteiger partial charge in [-0.3, -0.25) is 14.5 Å². The van der Waals surface area contributed by atoms with Gasteiger partial charge in [0.1, 0.15) is 5.75 Å². The molecule has 2 unspecified atom stereocenters. The van der Waals surface area contributed by atoms with Crippen LogP contribution in [0, 0.1) is 0 Å². The van der Waals surface area contributed by atoms with E-state index in [1.807, 2.05) is 66.7 Å². The van der Waals surface area contributed by atoms with E-state index in [1.165, 1.54) is 21.3 Å². The first kappa shape index (κ1) is 30.1. The summed E-state index contributed by atoms with van der Waals surface area (Å²) >= 11 is 6.86. The third-order valence-electron chi connectivity index (χ3n) is 8.41. The van der Waals surface area contributed by atoms with Gasteiger partial charge in [0.05, 0.1) is 45.9 Å². The molecule has 4 aromatic carbocycles. The van der Waals surface area contributed by atoms with Crippen LogP contribution in [-0.4, -0.2) is 40.1 Å². The first-order chi connectivity index (χ1) is 21.9. The van der Waals surface area contributed by atoms with E-state index >= 15 is 0 Å². The summed E-state index contributed by atoms with van der Waals surface area (Å²) in [6, 6.07) is 25.1. The van der Waals surface area contributed by atoms with Crippen molar-refractivity contribution < 1.29 is 28.5 Å². The van der Waals surface area contributed by atoms with E-state index in [4.69, 9.17) is 30.5 Å². The number of Topliss-reactive ketones (excluding diaryl/α,β-unsaturated/α-hetero) is 1. The third kappa shape index (κ3) is 5.46. The molecule has 45 heavy (non-hydrogen) atoms. The van der Waals surface area contributed by atoms with Crippen molar-refractivity contribution in [1.29, 1.82) is 0 Å². The van der Waals surface area contributed by atoms with Gasteiger partial charge in [0.2, 0.25) is 5.75 Å². The van der Waals surface area contributed by atoms with Crippen LogP contribution in [-0.2, 0) is 4.79 Å². The number of hydrogen-bond donors (Lipinski definition) is 1. The number of hydrogen-bond acceptors (Lipinski definition) is 7. The van der Waals surface area contributed by atoms with Gasteiger partial charge in [-0.15, -0.1) is 0 Å². The van der Waals surface area contributed by atoms with Gasteiger partial charge >= 0.3 is 0 Å². The molecule has 0 spiro atoms. The average molecular weight is 625 g/mol. The molecule has 9 heteroatoms. The molecule has 8 nitrogen and oxygen atoms in total. The zero-order valence-electron chi connectivity index (χ0n) is 25.4. The molecular formula is C36H33ClN2O6. The maximum absolute atomic E-state index is 14.8. The van der Waals surface area contributed by atoms with Gasteiger partial charge in [-0.25, -0.2) is 0 Å². The molecule has 230 valence electrons. The van der Waals surface area contributed by atoms with E-state index in [1.54, 1.807) is 30.2 Å². The van der Waals surface area contributed by atoms with Gasteiger partial charge in [-0.05, 0) is 65.9 Å². The van der Waals surface area contributed by atoms with E-state index in [9.17, 15) is 9.59 Å². The number of carbonyl (C=O) groups is 2. The minimum absolute atomic E-state index is 0.0638. The van der Waals surface area contributed by atoms with Crippen LogP contribution in [0.4, 0.5) is 11.4 Å². The van der Waals surface area contributed by atoms with Crippen molar-refractivity contribution in [3.05, 3.63) is 118 Å². The van der Waals surface area contributed by atoms with Gasteiger partial charge in [0.15, 0.2) is 17.3 Å². The fraction of sp³-hybridized carbons (Fsp3) is 0.222. The van der Waals surface area contributed by atoms with Crippen LogP contribution in [0.3, 0.4) is 0 Å².